The Morgan fingerprint density at radius 3 is 2.43 bits per heavy atom. The molecule has 0 saturated carbocycles. The number of hydrogen-bond donors (Lipinski definition) is 1. The third-order valence-corrected chi connectivity index (χ3v) is 2.28. The van der Waals surface area contributed by atoms with Crippen molar-refractivity contribution in [2.24, 2.45) is 0 Å². The molecule has 1 saturated heterocycles. The summed E-state index contributed by atoms with van der Waals surface area (Å²) in [5.74, 6) is 0. The molecule has 0 aromatic heterocycles. The average molecular weight is 211 g/mol. The van der Waals surface area contributed by atoms with Crippen LogP contribution >= 0.6 is 0 Å². The maximum atomic E-state index is 12.0. The highest BCUT2D eigenvalue weighted by atomic mass is 19.4. The zero-order chi connectivity index (χ0) is 10.6. The van der Waals surface area contributed by atoms with Crippen LogP contribution in [0.5, 0.6) is 0 Å². The Morgan fingerprint density at radius 2 is 1.93 bits per heavy atom. The number of alkyl halides is 3. The van der Waals surface area contributed by atoms with Gasteiger partial charge in [0, 0.05) is 25.3 Å². The molecule has 1 aliphatic rings. The van der Waals surface area contributed by atoms with E-state index in [0.717, 1.165) is 12.8 Å². The third-order valence-electron chi connectivity index (χ3n) is 2.28. The van der Waals surface area contributed by atoms with E-state index in [2.05, 4.69) is 5.32 Å². The molecular weight excluding hydrogens is 195 g/mol. The zero-order valence-corrected chi connectivity index (χ0v) is 8.23. The second kappa shape index (κ2) is 4.98. The quantitative estimate of drug-likeness (QED) is 0.771. The van der Waals surface area contributed by atoms with Gasteiger partial charge in [-0.3, -0.25) is 0 Å². The van der Waals surface area contributed by atoms with Crippen molar-refractivity contribution in [3.8, 4) is 0 Å². The van der Waals surface area contributed by atoms with Gasteiger partial charge in [-0.25, -0.2) is 0 Å². The van der Waals surface area contributed by atoms with E-state index in [0.29, 0.717) is 13.2 Å². The molecule has 1 fully saturated rings. The van der Waals surface area contributed by atoms with Crippen LogP contribution in [0, 0.1) is 0 Å². The minimum atomic E-state index is -4.07. The molecule has 1 atom stereocenters. The number of nitrogens with one attached hydrogen (secondary N) is 1. The van der Waals surface area contributed by atoms with Crippen LogP contribution in [0.3, 0.4) is 0 Å². The van der Waals surface area contributed by atoms with Gasteiger partial charge in [-0.2, -0.15) is 13.2 Å². The van der Waals surface area contributed by atoms with Crippen LogP contribution in [0.1, 0.15) is 26.2 Å². The van der Waals surface area contributed by atoms with Gasteiger partial charge in [0.15, 0.2) is 0 Å². The molecule has 1 aliphatic heterocycles. The first-order chi connectivity index (χ1) is 6.47. The average Bonchev–Trinajstić information content (AvgIpc) is 2.02. The summed E-state index contributed by atoms with van der Waals surface area (Å²) in [5, 5.41) is 2.98. The van der Waals surface area contributed by atoms with Crippen LogP contribution in [0.4, 0.5) is 13.2 Å². The zero-order valence-electron chi connectivity index (χ0n) is 8.23. The molecule has 1 heterocycles. The fourth-order valence-electron chi connectivity index (χ4n) is 1.67. The number of rotatable bonds is 3. The van der Waals surface area contributed by atoms with E-state index in [1.165, 1.54) is 0 Å². The van der Waals surface area contributed by atoms with E-state index in [-0.39, 0.29) is 6.04 Å². The van der Waals surface area contributed by atoms with E-state index < -0.39 is 18.6 Å². The molecule has 0 aromatic rings. The summed E-state index contributed by atoms with van der Waals surface area (Å²) >= 11 is 0. The Kier molecular flexibility index (Phi) is 4.19. The third kappa shape index (κ3) is 4.81. The first-order valence-corrected chi connectivity index (χ1v) is 4.88. The van der Waals surface area contributed by atoms with Crippen molar-refractivity contribution in [2.45, 2.75) is 44.4 Å². The van der Waals surface area contributed by atoms with Crippen molar-refractivity contribution < 1.29 is 17.9 Å². The summed E-state index contributed by atoms with van der Waals surface area (Å²) in [4.78, 5) is 0. The van der Waals surface area contributed by atoms with Crippen LogP contribution in [0.15, 0.2) is 0 Å². The first kappa shape index (κ1) is 11.8. The normalized spacial score (nSPS) is 22.3. The molecule has 0 amide bonds. The summed E-state index contributed by atoms with van der Waals surface area (Å²) in [6, 6.07) is -0.320. The predicted octanol–water partition coefficient (Wildman–Crippen LogP) is 2.10. The highest BCUT2D eigenvalue weighted by molar-refractivity contribution is 4.75. The topological polar surface area (TPSA) is 21.3 Å². The second-order valence-corrected chi connectivity index (χ2v) is 3.77. The Hall–Kier alpha value is -0.290. The van der Waals surface area contributed by atoms with Crippen molar-refractivity contribution in [1.82, 2.24) is 5.32 Å². The molecule has 84 valence electrons. The number of halogens is 3. The van der Waals surface area contributed by atoms with Crippen LogP contribution < -0.4 is 5.32 Å². The molecule has 0 aromatic carbocycles. The van der Waals surface area contributed by atoms with Gasteiger partial charge in [0.2, 0.25) is 0 Å². The summed E-state index contributed by atoms with van der Waals surface area (Å²) in [6.07, 6.45) is -3.22. The van der Waals surface area contributed by atoms with Gasteiger partial charge in [-0.15, -0.1) is 0 Å². The lowest BCUT2D eigenvalue weighted by Crippen LogP contribution is -2.42. The Labute approximate surface area is 81.8 Å². The lowest BCUT2D eigenvalue weighted by molar-refractivity contribution is -0.139. The van der Waals surface area contributed by atoms with Crippen LogP contribution in [0.25, 0.3) is 0 Å². The van der Waals surface area contributed by atoms with Gasteiger partial charge < -0.3 is 10.1 Å². The van der Waals surface area contributed by atoms with Gasteiger partial charge in [-0.1, -0.05) is 0 Å². The van der Waals surface area contributed by atoms with Crippen molar-refractivity contribution in [1.29, 1.82) is 0 Å². The minimum Gasteiger partial charge on any atom is -0.381 e. The van der Waals surface area contributed by atoms with E-state index in [1.54, 1.807) is 6.92 Å². The molecule has 0 bridgehead atoms. The van der Waals surface area contributed by atoms with Gasteiger partial charge in [0.1, 0.15) is 0 Å². The van der Waals surface area contributed by atoms with Gasteiger partial charge in [0.05, 0.1) is 6.42 Å². The fourth-order valence-corrected chi connectivity index (χ4v) is 1.67. The summed E-state index contributed by atoms with van der Waals surface area (Å²) in [7, 11) is 0. The molecular formula is C9H16F3NO. The molecule has 0 spiro atoms. The van der Waals surface area contributed by atoms with Crippen molar-refractivity contribution in [2.75, 3.05) is 13.2 Å². The lowest BCUT2D eigenvalue weighted by Gasteiger charge is -2.27. The standard InChI is InChI=1S/C9H16F3NO/c1-7(6-9(10,11)12)13-8-2-4-14-5-3-8/h7-8,13H,2-6H2,1H3. The molecule has 1 rings (SSSR count). The largest absolute Gasteiger partial charge is 0.390 e. The molecule has 0 radical (unpaired) electrons. The SMILES string of the molecule is CC(CC(F)(F)F)NC1CCOCC1. The maximum absolute atomic E-state index is 12.0. The maximum Gasteiger partial charge on any atom is 0.390 e. The molecule has 1 N–H and O–H groups in total. The highest BCUT2D eigenvalue weighted by Gasteiger charge is 2.30. The lowest BCUT2D eigenvalue weighted by atomic mass is 10.1. The minimum absolute atomic E-state index is 0.182. The van der Waals surface area contributed by atoms with Crippen molar-refractivity contribution in [3.05, 3.63) is 0 Å². The van der Waals surface area contributed by atoms with Crippen molar-refractivity contribution >= 4 is 0 Å². The number of ether oxygens (including phenoxy) is 1. The monoisotopic (exact) mass is 211 g/mol. The first-order valence-electron chi connectivity index (χ1n) is 4.88. The van der Waals surface area contributed by atoms with E-state index in [9.17, 15) is 13.2 Å². The van der Waals surface area contributed by atoms with Crippen LogP contribution in [0.2, 0.25) is 0 Å². The van der Waals surface area contributed by atoms with Gasteiger partial charge in [0.25, 0.3) is 0 Å². The highest BCUT2D eigenvalue weighted by Crippen LogP contribution is 2.22. The molecule has 0 aliphatic carbocycles. The Bertz CT molecular complexity index is 166. The fraction of sp³-hybridized carbons (Fsp3) is 1.00. The predicted molar refractivity (Wildman–Crippen MR) is 47.1 cm³/mol. The molecule has 1 unspecified atom stereocenters. The summed E-state index contributed by atoms with van der Waals surface area (Å²) < 4.78 is 41.1. The summed E-state index contributed by atoms with van der Waals surface area (Å²) in [5.41, 5.74) is 0. The van der Waals surface area contributed by atoms with Crippen molar-refractivity contribution in [3.63, 3.8) is 0 Å². The molecule has 5 heteroatoms. The second-order valence-electron chi connectivity index (χ2n) is 3.77. The summed E-state index contributed by atoms with van der Waals surface area (Å²) in [6.45, 7) is 2.87. The number of hydrogen-bond acceptors (Lipinski definition) is 2. The molecule has 14 heavy (non-hydrogen) atoms. The smallest absolute Gasteiger partial charge is 0.381 e. The Balaban J connectivity index is 2.21. The molecule has 2 nitrogen and oxygen atoms in total. The van der Waals surface area contributed by atoms with Gasteiger partial charge in [-0.05, 0) is 19.8 Å². The van der Waals surface area contributed by atoms with E-state index in [4.69, 9.17) is 4.74 Å². The van der Waals surface area contributed by atoms with E-state index in [1.807, 2.05) is 0 Å². The Morgan fingerprint density at radius 1 is 1.36 bits per heavy atom. The van der Waals surface area contributed by atoms with Gasteiger partial charge >= 0.3 is 6.18 Å². The van der Waals surface area contributed by atoms with Crippen LogP contribution in [-0.2, 0) is 4.74 Å². The van der Waals surface area contributed by atoms with Crippen LogP contribution in [-0.4, -0.2) is 31.5 Å². The van der Waals surface area contributed by atoms with E-state index >= 15 is 0 Å².